The van der Waals surface area contributed by atoms with Gasteiger partial charge >= 0.3 is 0 Å². The van der Waals surface area contributed by atoms with Crippen LogP contribution in [0.15, 0.2) is 0 Å². The van der Waals surface area contributed by atoms with Gasteiger partial charge < -0.3 is 0 Å². The highest BCUT2D eigenvalue weighted by molar-refractivity contribution is 15.0. The maximum absolute atomic E-state index is 11.0. The number of piperidine rings is 1. The highest BCUT2D eigenvalue weighted by Crippen LogP contribution is 2.20. The van der Waals surface area contributed by atoms with Crippen molar-refractivity contribution < 1.29 is 8.42 Å². The lowest BCUT2D eigenvalue weighted by molar-refractivity contribution is 0.349. The van der Waals surface area contributed by atoms with Gasteiger partial charge in [-0.3, -0.25) is 0 Å². The van der Waals surface area contributed by atoms with Crippen LogP contribution in [0.5, 0.6) is 0 Å². The molecule has 0 aromatic rings. The minimum Gasteiger partial charge on any atom is -0.213 e. The van der Waals surface area contributed by atoms with Crippen molar-refractivity contribution in [1.82, 2.24) is 4.31 Å². The van der Waals surface area contributed by atoms with Crippen molar-refractivity contribution in [1.29, 1.82) is 0 Å². The largest absolute Gasteiger partial charge is 0.213 e. The van der Waals surface area contributed by atoms with Crippen molar-refractivity contribution in [2.75, 3.05) is 19.3 Å². The summed E-state index contributed by atoms with van der Waals surface area (Å²) in [6.07, 6.45) is 2.81. The fraction of sp³-hybridized carbons (Fsp3) is 1.00. The molecule has 7 heteroatoms. The first kappa shape index (κ1) is 14.4. The average Bonchev–Trinajstić information content (AvgIpc) is 2.07. The van der Waals surface area contributed by atoms with Gasteiger partial charge in [-0.2, -0.15) is 0 Å². The molecule has 1 aliphatic rings. The van der Waals surface area contributed by atoms with Crippen molar-refractivity contribution >= 4 is 55.1 Å². The van der Waals surface area contributed by atoms with Crippen molar-refractivity contribution in [3.63, 3.8) is 0 Å². The molecule has 1 rings (SSSR count). The molecule has 76 valence electrons. The zero-order chi connectivity index (χ0) is 10.5. The van der Waals surface area contributed by atoms with E-state index in [1.165, 1.54) is 10.6 Å². The minimum absolute atomic E-state index is 0.188. The molecule has 1 saturated heterocycles. The van der Waals surface area contributed by atoms with Gasteiger partial charge in [-0.1, -0.05) is 5.82 Å². The van der Waals surface area contributed by atoms with Gasteiger partial charge in [-0.15, -0.1) is 0 Å². The van der Waals surface area contributed by atoms with Gasteiger partial charge in [0.05, 0.1) is 14.1 Å². The van der Waals surface area contributed by atoms with Crippen LogP contribution < -0.4 is 0 Å². The topological polar surface area (TPSA) is 37.4 Å². The van der Waals surface area contributed by atoms with E-state index < -0.39 is 10.0 Å². The molecule has 1 aliphatic heterocycles. The molecule has 3 nitrogen and oxygen atoms in total. The Morgan fingerprint density at radius 1 is 1.31 bits per heavy atom. The van der Waals surface area contributed by atoms with E-state index in [4.69, 9.17) is 7.85 Å². The molecule has 0 spiro atoms. The Bertz CT molecular complexity index is 227. The van der Waals surface area contributed by atoms with Crippen LogP contribution in [-0.4, -0.2) is 39.9 Å². The van der Waals surface area contributed by atoms with Crippen LogP contribution in [0, 0.1) is 0 Å². The summed E-state index contributed by atoms with van der Waals surface area (Å²) in [5.74, 6) is 0.188. The molecule has 0 N–H and O–H groups in total. The van der Waals surface area contributed by atoms with E-state index in [-0.39, 0.29) is 5.82 Å². The van der Waals surface area contributed by atoms with E-state index in [1.54, 1.807) is 0 Å². The van der Waals surface area contributed by atoms with Crippen LogP contribution >= 0.6 is 37.2 Å². The average molecular weight is 427 g/mol. The smallest absolute Gasteiger partial charge is 0.211 e. The first-order valence-electron chi connectivity index (χ1n) is 3.85. The van der Waals surface area contributed by atoms with Crippen molar-refractivity contribution in [3.05, 3.63) is 0 Å². The summed E-state index contributed by atoms with van der Waals surface area (Å²) in [7, 11) is 2.65. The third kappa shape index (κ3) is 5.78. The van der Waals surface area contributed by atoms with E-state index in [1.807, 2.05) is 0 Å². The van der Waals surface area contributed by atoms with E-state index in [2.05, 4.69) is 37.2 Å². The van der Waals surface area contributed by atoms with Crippen molar-refractivity contribution in [2.45, 2.75) is 18.7 Å². The van der Waals surface area contributed by atoms with Crippen LogP contribution in [0.3, 0.4) is 0 Å². The third-order valence-corrected chi connectivity index (χ3v) is 3.27. The van der Waals surface area contributed by atoms with Crippen molar-refractivity contribution in [3.8, 4) is 0 Å². The van der Waals surface area contributed by atoms with E-state index in [0.29, 0.717) is 13.1 Å². The molecule has 0 aliphatic carbocycles. The fourth-order valence-corrected chi connectivity index (χ4v) is 2.08. The standard InChI is InChI=1S/C6H12BNO2S.I2/c1-11(9,10)8-4-2-6(7)3-5-8;1-2/h6H,2-5H2,1H3;. The first-order chi connectivity index (χ1) is 6.00. The lowest BCUT2D eigenvalue weighted by Crippen LogP contribution is -2.36. The van der Waals surface area contributed by atoms with Gasteiger partial charge in [-0.05, 0) is 12.8 Å². The third-order valence-electron chi connectivity index (χ3n) is 1.97. The summed E-state index contributed by atoms with van der Waals surface area (Å²) in [6.45, 7) is 1.17. The highest BCUT2D eigenvalue weighted by atomic mass is 128. The number of nitrogens with zero attached hydrogens (tertiary/aromatic N) is 1. The van der Waals surface area contributed by atoms with Crippen LogP contribution in [0.25, 0.3) is 0 Å². The van der Waals surface area contributed by atoms with Crippen LogP contribution in [0.4, 0.5) is 0 Å². The van der Waals surface area contributed by atoms with E-state index in [9.17, 15) is 8.42 Å². The van der Waals surface area contributed by atoms with Gasteiger partial charge in [0.2, 0.25) is 10.0 Å². The van der Waals surface area contributed by atoms with Gasteiger partial charge in [0.15, 0.2) is 0 Å². The second-order valence-corrected chi connectivity index (χ2v) is 4.98. The second kappa shape index (κ2) is 6.83. The summed E-state index contributed by atoms with van der Waals surface area (Å²) >= 11 is 4.24. The Morgan fingerprint density at radius 3 is 2.00 bits per heavy atom. The molecule has 1 heterocycles. The summed E-state index contributed by atoms with van der Waals surface area (Å²) in [5.41, 5.74) is 0. The first-order valence-corrected chi connectivity index (χ1v) is 12.0. The quantitative estimate of drug-likeness (QED) is 0.473. The number of hydrogen-bond acceptors (Lipinski definition) is 2. The molecule has 0 atom stereocenters. The molecule has 0 aromatic heterocycles. The van der Waals surface area contributed by atoms with Gasteiger partial charge in [0.25, 0.3) is 0 Å². The highest BCUT2D eigenvalue weighted by Gasteiger charge is 2.21. The maximum atomic E-state index is 11.0. The Balaban J connectivity index is 0.000000671. The maximum Gasteiger partial charge on any atom is 0.211 e. The molecule has 2 radical (unpaired) electrons. The van der Waals surface area contributed by atoms with Crippen molar-refractivity contribution in [2.24, 2.45) is 0 Å². The van der Waals surface area contributed by atoms with Gasteiger partial charge in [-0.25, -0.2) is 12.7 Å². The summed E-state index contributed by atoms with van der Waals surface area (Å²) in [5, 5.41) is 0. The lowest BCUT2D eigenvalue weighted by atomic mass is 9.80. The normalized spacial score (nSPS) is 20.5. The molecule has 0 aromatic carbocycles. The molecule has 0 unspecified atom stereocenters. The molecule has 0 saturated carbocycles. The zero-order valence-electron chi connectivity index (χ0n) is 7.41. The van der Waals surface area contributed by atoms with E-state index >= 15 is 0 Å². The summed E-state index contributed by atoms with van der Waals surface area (Å²) < 4.78 is 23.4. The zero-order valence-corrected chi connectivity index (χ0v) is 12.5. The van der Waals surface area contributed by atoms with E-state index in [0.717, 1.165) is 12.8 Å². The monoisotopic (exact) mass is 427 g/mol. The van der Waals surface area contributed by atoms with Crippen LogP contribution in [0.2, 0.25) is 5.82 Å². The fourth-order valence-electron chi connectivity index (χ4n) is 1.21. The molecule has 1 fully saturated rings. The Kier molecular flexibility index (Phi) is 7.59. The van der Waals surface area contributed by atoms with Crippen LogP contribution in [0.1, 0.15) is 12.8 Å². The number of sulfonamides is 1. The number of halogens is 2. The Morgan fingerprint density at radius 2 is 1.69 bits per heavy atom. The van der Waals surface area contributed by atoms with Gasteiger partial charge in [0, 0.05) is 50.3 Å². The minimum atomic E-state index is -2.97. The predicted octanol–water partition coefficient (Wildman–Crippen LogP) is 1.77. The molecular weight excluding hydrogens is 415 g/mol. The summed E-state index contributed by atoms with van der Waals surface area (Å²) in [6, 6.07) is 0. The van der Waals surface area contributed by atoms with Crippen LogP contribution in [-0.2, 0) is 10.0 Å². The molecule has 0 bridgehead atoms. The second-order valence-electron chi connectivity index (χ2n) is 3.00. The molecule has 0 amide bonds. The number of rotatable bonds is 1. The summed E-state index contributed by atoms with van der Waals surface area (Å²) in [4.78, 5) is 0. The molecular formula is C6H12BI2NO2S. The van der Waals surface area contributed by atoms with Gasteiger partial charge in [0.1, 0.15) is 0 Å². The molecule has 13 heavy (non-hydrogen) atoms. The Hall–Kier alpha value is 1.43. The SMILES string of the molecule is II.[B]C1CCN(S(C)(=O)=O)CC1. The predicted molar refractivity (Wildman–Crippen MR) is 73.2 cm³/mol. The Labute approximate surface area is 105 Å². The lowest BCUT2D eigenvalue weighted by Gasteiger charge is -2.28. The number of hydrogen-bond donors (Lipinski definition) is 0.